The summed E-state index contributed by atoms with van der Waals surface area (Å²) in [6, 6.07) is 27.0. The molecule has 0 saturated carbocycles. The minimum Gasteiger partial charge on any atom is -0.343 e. The van der Waals surface area contributed by atoms with Gasteiger partial charge in [-0.2, -0.15) is 0 Å². The van der Waals surface area contributed by atoms with Gasteiger partial charge in [-0.05, 0) is 47.7 Å². The molecule has 3 aromatic carbocycles. The van der Waals surface area contributed by atoms with Crippen molar-refractivity contribution in [2.45, 2.75) is 31.7 Å². The number of halogens is 1. The molecule has 32 heavy (non-hydrogen) atoms. The summed E-state index contributed by atoms with van der Waals surface area (Å²) >= 11 is 6.37. The summed E-state index contributed by atoms with van der Waals surface area (Å²) in [5, 5.41) is 1.90. The average molecular weight is 443 g/mol. The molecule has 0 aliphatic carbocycles. The number of nitrogens with zero attached hydrogens (tertiary/aromatic N) is 2. The summed E-state index contributed by atoms with van der Waals surface area (Å²) in [7, 11) is 0. The van der Waals surface area contributed by atoms with Gasteiger partial charge < -0.3 is 9.47 Å². The number of hydrogen-bond acceptors (Lipinski definition) is 1. The SMILES string of the molecule is O=C(CC(c1cccc(Cl)c1)c1cn(Cc2ccccc2)c2ccccc12)N1CCCC1. The van der Waals surface area contributed by atoms with Crippen LogP contribution in [0.3, 0.4) is 0 Å². The Hall–Kier alpha value is -3.04. The fourth-order valence-electron chi connectivity index (χ4n) is 4.86. The van der Waals surface area contributed by atoms with Gasteiger partial charge in [-0.1, -0.05) is 72.3 Å². The van der Waals surface area contributed by atoms with Crippen LogP contribution in [-0.4, -0.2) is 28.5 Å². The third-order valence-electron chi connectivity index (χ3n) is 6.48. The molecule has 5 rings (SSSR count). The van der Waals surface area contributed by atoms with Crippen LogP contribution in [0.4, 0.5) is 0 Å². The van der Waals surface area contributed by atoms with E-state index >= 15 is 0 Å². The van der Waals surface area contributed by atoms with Crippen molar-refractivity contribution in [1.29, 1.82) is 0 Å². The van der Waals surface area contributed by atoms with E-state index < -0.39 is 0 Å². The van der Waals surface area contributed by atoms with Crippen LogP contribution in [-0.2, 0) is 11.3 Å². The van der Waals surface area contributed by atoms with Gasteiger partial charge in [0.1, 0.15) is 0 Å². The predicted molar refractivity (Wildman–Crippen MR) is 131 cm³/mol. The van der Waals surface area contributed by atoms with Gasteiger partial charge in [-0.15, -0.1) is 0 Å². The van der Waals surface area contributed by atoms with Crippen LogP contribution in [0.15, 0.2) is 85.1 Å². The quantitative estimate of drug-likeness (QED) is 0.335. The van der Waals surface area contributed by atoms with Crippen LogP contribution < -0.4 is 0 Å². The second kappa shape index (κ2) is 9.22. The lowest BCUT2D eigenvalue weighted by Crippen LogP contribution is -2.29. The summed E-state index contributed by atoms with van der Waals surface area (Å²) in [5.41, 5.74) is 4.72. The van der Waals surface area contributed by atoms with Gasteiger partial charge >= 0.3 is 0 Å². The number of para-hydroxylation sites is 1. The largest absolute Gasteiger partial charge is 0.343 e. The number of aromatic nitrogens is 1. The van der Waals surface area contributed by atoms with Crippen molar-refractivity contribution in [3.8, 4) is 0 Å². The Kier molecular flexibility index (Phi) is 6.00. The van der Waals surface area contributed by atoms with Gasteiger partial charge in [0.25, 0.3) is 0 Å². The number of likely N-dealkylation sites (tertiary alicyclic amines) is 1. The van der Waals surface area contributed by atoms with Crippen LogP contribution in [0.5, 0.6) is 0 Å². The van der Waals surface area contributed by atoms with Crippen molar-refractivity contribution in [2.75, 3.05) is 13.1 Å². The molecule has 1 atom stereocenters. The van der Waals surface area contributed by atoms with Gasteiger partial charge in [0.15, 0.2) is 0 Å². The molecule has 3 nitrogen and oxygen atoms in total. The highest BCUT2D eigenvalue weighted by atomic mass is 35.5. The maximum absolute atomic E-state index is 13.2. The van der Waals surface area contributed by atoms with Crippen molar-refractivity contribution in [3.05, 3.63) is 107 Å². The first-order chi connectivity index (χ1) is 15.7. The molecule has 0 spiro atoms. The van der Waals surface area contributed by atoms with E-state index in [1.807, 2.05) is 29.2 Å². The number of fused-ring (bicyclic) bond motifs is 1. The lowest BCUT2D eigenvalue weighted by molar-refractivity contribution is -0.130. The normalized spacial score (nSPS) is 14.7. The van der Waals surface area contributed by atoms with E-state index in [0.717, 1.165) is 38.0 Å². The number of rotatable bonds is 6. The zero-order valence-electron chi connectivity index (χ0n) is 18.1. The molecular formula is C28H27ClN2O. The zero-order chi connectivity index (χ0) is 21.9. The molecule has 1 fully saturated rings. The summed E-state index contributed by atoms with van der Waals surface area (Å²) in [4.78, 5) is 15.2. The van der Waals surface area contributed by atoms with Gasteiger partial charge in [0.2, 0.25) is 5.91 Å². The second-order valence-electron chi connectivity index (χ2n) is 8.61. The monoisotopic (exact) mass is 442 g/mol. The van der Waals surface area contributed by atoms with Crippen molar-refractivity contribution in [2.24, 2.45) is 0 Å². The molecule has 4 aromatic rings. The summed E-state index contributed by atoms with van der Waals surface area (Å²) in [6.07, 6.45) is 4.90. The zero-order valence-corrected chi connectivity index (χ0v) is 18.8. The molecule has 1 saturated heterocycles. The highest BCUT2D eigenvalue weighted by Gasteiger charge is 2.26. The predicted octanol–water partition coefficient (Wildman–Crippen LogP) is 6.49. The lowest BCUT2D eigenvalue weighted by Gasteiger charge is -2.21. The van der Waals surface area contributed by atoms with Gasteiger partial charge in [0, 0.05) is 54.1 Å². The van der Waals surface area contributed by atoms with Gasteiger partial charge in [-0.25, -0.2) is 0 Å². The van der Waals surface area contributed by atoms with Crippen LogP contribution in [0.2, 0.25) is 5.02 Å². The molecule has 1 aliphatic rings. The highest BCUT2D eigenvalue weighted by Crippen LogP contribution is 2.36. The summed E-state index contributed by atoms with van der Waals surface area (Å²) in [6.45, 7) is 2.54. The molecule has 2 heterocycles. The Labute approximate surface area is 194 Å². The van der Waals surface area contributed by atoms with E-state index in [2.05, 4.69) is 65.4 Å². The summed E-state index contributed by atoms with van der Waals surface area (Å²) in [5.74, 6) is 0.191. The molecule has 4 heteroatoms. The number of hydrogen-bond donors (Lipinski definition) is 0. The third kappa shape index (κ3) is 4.31. The minimum absolute atomic E-state index is 0.0382. The van der Waals surface area contributed by atoms with Crippen LogP contribution in [0, 0.1) is 0 Å². The van der Waals surface area contributed by atoms with E-state index in [-0.39, 0.29) is 11.8 Å². The molecule has 0 N–H and O–H groups in total. The Morgan fingerprint density at radius 2 is 1.66 bits per heavy atom. The number of amides is 1. The first kappa shape index (κ1) is 20.8. The van der Waals surface area contributed by atoms with Crippen molar-refractivity contribution in [1.82, 2.24) is 9.47 Å². The topological polar surface area (TPSA) is 25.2 Å². The maximum Gasteiger partial charge on any atom is 0.223 e. The molecule has 0 radical (unpaired) electrons. The Morgan fingerprint density at radius 3 is 2.44 bits per heavy atom. The Morgan fingerprint density at radius 1 is 0.906 bits per heavy atom. The Bertz CT molecular complexity index is 1220. The molecule has 1 unspecified atom stereocenters. The average Bonchev–Trinajstić information content (AvgIpc) is 3.47. The molecule has 162 valence electrons. The molecule has 0 bridgehead atoms. The molecule has 1 aliphatic heterocycles. The van der Waals surface area contributed by atoms with E-state index in [4.69, 9.17) is 11.6 Å². The van der Waals surface area contributed by atoms with E-state index in [1.165, 1.54) is 22.0 Å². The number of carbonyl (C=O) groups excluding carboxylic acids is 1. The van der Waals surface area contributed by atoms with E-state index in [1.54, 1.807) is 0 Å². The van der Waals surface area contributed by atoms with Crippen molar-refractivity contribution >= 4 is 28.4 Å². The van der Waals surface area contributed by atoms with Crippen molar-refractivity contribution < 1.29 is 4.79 Å². The fraction of sp³-hybridized carbons (Fsp3) is 0.250. The second-order valence-corrected chi connectivity index (χ2v) is 9.05. The van der Waals surface area contributed by atoms with Crippen LogP contribution in [0.1, 0.15) is 41.9 Å². The van der Waals surface area contributed by atoms with Crippen LogP contribution in [0.25, 0.3) is 10.9 Å². The van der Waals surface area contributed by atoms with Gasteiger partial charge in [0.05, 0.1) is 0 Å². The molecular weight excluding hydrogens is 416 g/mol. The number of benzene rings is 3. The van der Waals surface area contributed by atoms with E-state index in [9.17, 15) is 4.79 Å². The molecule has 1 aromatic heterocycles. The standard InChI is InChI=1S/C28H27ClN2O/c29-23-12-8-11-22(17-23)25(18-28(32)30-15-6-7-16-30)26-20-31(19-21-9-2-1-3-10-21)27-14-5-4-13-24(26)27/h1-5,8-14,17,20,25H,6-7,15-16,18-19H2. The molecule has 1 amide bonds. The third-order valence-corrected chi connectivity index (χ3v) is 6.71. The first-order valence-electron chi connectivity index (χ1n) is 11.3. The minimum atomic E-state index is -0.0382. The summed E-state index contributed by atoms with van der Waals surface area (Å²) < 4.78 is 2.30. The van der Waals surface area contributed by atoms with Crippen molar-refractivity contribution in [3.63, 3.8) is 0 Å². The first-order valence-corrected chi connectivity index (χ1v) is 11.7. The Balaban J connectivity index is 1.58. The lowest BCUT2D eigenvalue weighted by atomic mass is 9.88. The van der Waals surface area contributed by atoms with Gasteiger partial charge in [-0.3, -0.25) is 4.79 Å². The van der Waals surface area contributed by atoms with E-state index in [0.29, 0.717) is 11.4 Å². The number of carbonyl (C=O) groups is 1. The highest BCUT2D eigenvalue weighted by molar-refractivity contribution is 6.30. The maximum atomic E-state index is 13.2. The fourth-order valence-corrected chi connectivity index (χ4v) is 5.06. The van der Waals surface area contributed by atoms with Crippen LogP contribution >= 0.6 is 11.6 Å². The smallest absolute Gasteiger partial charge is 0.223 e.